The van der Waals surface area contributed by atoms with Crippen molar-refractivity contribution in [1.82, 2.24) is 9.44 Å². The molecule has 4 amide bonds. The van der Waals surface area contributed by atoms with E-state index in [1.807, 2.05) is 0 Å². The minimum Gasteiger partial charge on any atom is -0.306 e. The Morgan fingerprint density at radius 1 is 0.385 bits per heavy atom. The zero-order chi connectivity index (χ0) is 37.6. The number of urea groups is 2. The molecule has 0 spiro atoms. The van der Waals surface area contributed by atoms with Crippen LogP contribution in [-0.2, 0) is 40.1 Å². The fourth-order valence-corrected chi connectivity index (χ4v) is 8.88. The van der Waals surface area contributed by atoms with Crippen LogP contribution in [0.2, 0.25) is 0 Å². The second-order valence-electron chi connectivity index (χ2n) is 10.5. The molecule has 0 bridgehead atoms. The van der Waals surface area contributed by atoms with E-state index in [2.05, 4.69) is 20.1 Å². The highest BCUT2D eigenvalue weighted by molar-refractivity contribution is 7.93. The number of anilines is 4. The Labute approximate surface area is 299 Å². The maximum atomic E-state index is 13.8. The Kier molecular flexibility index (Phi) is 10.8. The Bertz CT molecular complexity index is 2370. The summed E-state index contributed by atoms with van der Waals surface area (Å²) in [7, 11) is -18.6. The molecule has 5 rings (SSSR count). The van der Waals surface area contributed by atoms with Gasteiger partial charge in [-0.2, -0.15) is 0 Å². The molecule has 270 valence electrons. The first kappa shape index (κ1) is 37.3. The Hall–Kier alpha value is -5.96. The molecule has 6 N–H and O–H groups in total. The molecule has 16 nitrogen and oxygen atoms in total. The second kappa shape index (κ2) is 15.1. The molecule has 0 aliphatic rings. The van der Waals surface area contributed by atoms with Crippen LogP contribution in [-0.4, -0.2) is 45.7 Å². The van der Waals surface area contributed by atoms with Gasteiger partial charge in [0, 0.05) is 11.4 Å². The molecular weight excluding hydrogens is 757 g/mol. The zero-order valence-electron chi connectivity index (χ0n) is 26.4. The van der Waals surface area contributed by atoms with E-state index in [9.17, 15) is 43.3 Å². The molecule has 0 radical (unpaired) electrons. The monoisotopic (exact) mass is 784 g/mol. The molecular formula is C32H28N6O10S4. The highest BCUT2D eigenvalue weighted by atomic mass is 32.2. The smallest absolute Gasteiger partial charge is 0.306 e. The number of hydrogen-bond donors (Lipinski definition) is 6. The van der Waals surface area contributed by atoms with Crippen molar-refractivity contribution in [2.45, 2.75) is 19.6 Å². The molecule has 0 unspecified atom stereocenters. The van der Waals surface area contributed by atoms with Gasteiger partial charge in [0.1, 0.15) is 9.79 Å². The number of hydrogen-bond acceptors (Lipinski definition) is 10. The van der Waals surface area contributed by atoms with Gasteiger partial charge in [0.15, 0.2) is 0 Å². The first-order valence-corrected chi connectivity index (χ1v) is 20.6. The Morgan fingerprint density at radius 3 is 1.02 bits per heavy atom. The lowest BCUT2D eigenvalue weighted by Gasteiger charge is -2.19. The Morgan fingerprint density at radius 2 is 0.692 bits per heavy atom. The van der Waals surface area contributed by atoms with E-state index < -0.39 is 73.3 Å². The lowest BCUT2D eigenvalue weighted by Crippen LogP contribution is -2.36. The van der Waals surface area contributed by atoms with Crippen molar-refractivity contribution in [3.8, 4) is 0 Å². The normalized spacial score (nSPS) is 11.8. The molecule has 0 aromatic heterocycles. The van der Waals surface area contributed by atoms with Crippen LogP contribution in [0.4, 0.5) is 32.3 Å². The van der Waals surface area contributed by atoms with Crippen LogP contribution in [0.3, 0.4) is 0 Å². The summed E-state index contributed by atoms with van der Waals surface area (Å²) in [6, 6.07) is 26.6. The minimum absolute atomic E-state index is 0.0315. The van der Waals surface area contributed by atoms with E-state index in [1.54, 1.807) is 21.6 Å². The summed E-state index contributed by atoms with van der Waals surface area (Å²) >= 11 is 0. The highest BCUT2D eigenvalue weighted by Gasteiger charge is 2.30. The summed E-state index contributed by atoms with van der Waals surface area (Å²) < 4.78 is 115. The van der Waals surface area contributed by atoms with E-state index in [0.717, 1.165) is 0 Å². The topological polar surface area (TPSA) is 243 Å². The van der Waals surface area contributed by atoms with E-state index in [0.29, 0.717) is 12.1 Å². The van der Waals surface area contributed by atoms with Gasteiger partial charge in [0.2, 0.25) is 0 Å². The highest BCUT2D eigenvalue weighted by Crippen LogP contribution is 2.34. The number of benzene rings is 5. The van der Waals surface area contributed by atoms with Crippen LogP contribution in [0.5, 0.6) is 0 Å². The standard InChI is InChI=1S/C32H28N6O10S4/c39-31(37-49(41,42)25-17-9-3-10-18-25)33-27-21-28(34-32(40)38-50(43,44)26-19-11-4-12-20-26)30(52(47,48)36-24-15-7-2-8-16-24)22-29(27)51(45,46)35-23-13-5-1-6-14-23/h1-22,35-36H,(H2,33,37,39)(H2,34,38,40). The number of amides is 4. The Balaban J connectivity index is 1.63. The SMILES string of the molecule is O=C(Nc1cc(NC(=O)NS(=O)(=O)c2ccccc2)c(S(=O)(=O)Nc2ccccc2)cc1S(=O)(=O)Nc1ccccc1)NS(=O)(=O)c1ccccc1. The van der Waals surface area contributed by atoms with Gasteiger partial charge in [-0.05, 0) is 60.7 Å². The van der Waals surface area contributed by atoms with Crippen LogP contribution >= 0.6 is 0 Å². The third-order valence-electron chi connectivity index (χ3n) is 6.77. The second-order valence-corrected chi connectivity index (χ2v) is 17.2. The van der Waals surface area contributed by atoms with Crippen molar-refractivity contribution in [1.29, 1.82) is 0 Å². The zero-order valence-corrected chi connectivity index (χ0v) is 29.7. The summed E-state index contributed by atoms with van der Waals surface area (Å²) in [5.41, 5.74) is -1.37. The lowest BCUT2D eigenvalue weighted by molar-refractivity contribution is 0.255. The molecule has 0 heterocycles. The predicted octanol–water partition coefficient (Wildman–Crippen LogP) is 4.31. The van der Waals surface area contributed by atoms with Crippen LogP contribution in [0, 0.1) is 0 Å². The molecule has 0 aliphatic heterocycles. The van der Waals surface area contributed by atoms with E-state index in [-0.39, 0.29) is 21.2 Å². The first-order valence-electron chi connectivity index (χ1n) is 14.7. The van der Waals surface area contributed by atoms with Crippen molar-refractivity contribution in [2.75, 3.05) is 20.1 Å². The van der Waals surface area contributed by atoms with E-state index >= 15 is 0 Å². The van der Waals surface area contributed by atoms with Crippen LogP contribution in [0.25, 0.3) is 0 Å². The van der Waals surface area contributed by atoms with Crippen molar-refractivity contribution < 1.29 is 43.3 Å². The van der Waals surface area contributed by atoms with Gasteiger partial charge >= 0.3 is 12.1 Å². The molecule has 0 aliphatic carbocycles. The quantitative estimate of drug-likeness (QED) is 0.105. The molecule has 5 aromatic rings. The minimum atomic E-state index is -4.81. The van der Waals surface area contributed by atoms with Gasteiger partial charge in [0.25, 0.3) is 40.1 Å². The average molecular weight is 785 g/mol. The number of rotatable bonds is 12. The number of carbonyl (C=O) groups excluding carboxylic acids is 2. The van der Waals surface area contributed by atoms with Crippen LogP contribution < -0.4 is 29.5 Å². The summed E-state index contributed by atoms with van der Waals surface area (Å²) in [4.78, 5) is 23.8. The summed E-state index contributed by atoms with van der Waals surface area (Å²) in [5, 5.41) is 4.18. The van der Waals surface area contributed by atoms with Crippen LogP contribution in [0.15, 0.2) is 153 Å². The number of para-hydroxylation sites is 2. The molecule has 0 atom stereocenters. The van der Waals surface area contributed by atoms with Crippen molar-refractivity contribution in [3.05, 3.63) is 133 Å². The predicted molar refractivity (Wildman–Crippen MR) is 193 cm³/mol. The molecule has 52 heavy (non-hydrogen) atoms. The maximum Gasteiger partial charge on any atom is 0.333 e. The maximum absolute atomic E-state index is 13.8. The van der Waals surface area contributed by atoms with E-state index in [4.69, 9.17) is 0 Å². The van der Waals surface area contributed by atoms with Crippen molar-refractivity contribution in [2.24, 2.45) is 0 Å². The third kappa shape index (κ3) is 9.23. The first-order chi connectivity index (χ1) is 24.6. The van der Waals surface area contributed by atoms with Gasteiger partial charge in [-0.15, -0.1) is 0 Å². The summed E-state index contributed by atoms with van der Waals surface area (Å²) in [6.07, 6.45) is 0. The third-order valence-corrected chi connectivity index (χ3v) is 12.3. The fraction of sp³-hybridized carbons (Fsp3) is 0. The molecule has 20 heteroatoms. The molecule has 0 saturated heterocycles. The van der Waals surface area contributed by atoms with E-state index in [1.165, 1.54) is 109 Å². The summed E-state index contributed by atoms with van der Waals surface area (Å²) in [6.45, 7) is 0. The largest absolute Gasteiger partial charge is 0.333 e. The number of carbonyl (C=O) groups is 2. The van der Waals surface area contributed by atoms with Crippen LogP contribution in [0.1, 0.15) is 0 Å². The summed E-state index contributed by atoms with van der Waals surface area (Å²) in [5.74, 6) is 0. The number of nitrogens with one attached hydrogen (secondary N) is 6. The van der Waals surface area contributed by atoms with Gasteiger partial charge in [-0.1, -0.05) is 72.8 Å². The lowest BCUT2D eigenvalue weighted by atomic mass is 10.2. The van der Waals surface area contributed by atoms with Gasteiger partial charge < -0.3 is 10.6 Å². The molecule has 0 fully saturated rings. The van der Waals surface area contributed by atoms with Crippen molar-refractivity contribution >= 4 is 74.9 Å². The average Bonchev–Trinajstić information content (AvgIpc) is 3.09. The van der Waals surface area contributed by atoms with Gasteiger partial charge in [-0.25, -0.2) is 52.7 Å². The molecule has 0 saturated carbocycles. The molecule has 5 aromatic carbocycles. The fourth-order valence-electron chi connectivity index (χ4n) is 4.49. The van der Waals surface area contributed by atoms with Gasteiger partial charge in [-0.3, -0.25) is 9.44 Å². The van der Waals surface area contributed by atoms with Gasteiger partial charge in [0.05, 0.1) is 21.2 Å². The van der Waals surface area contributed by atoms with Crippen molar-refractivity contribution in [3.63, 3.8) is 0 Å². The number of sulfonamides is 4.